The molecule has 2 N–H and O–H groups in total. The van der Waals surface area contributed by atoms with Crippen molar-refractivity contribution in [1.29, 1.82) is 0 Å². The van der Waals surface area contributed by atoms with Gasteiger partial charge >= 0.3 is 5.97 Å². The maximum absolute atomic E-state index is 12.4. The topological polar surface area (TPSA) is 96.6 Å². The summed E-state index contributed by atoms with van der Waals surface area (Å²) in [5.74, 6) is -0.507. The number of carboxylic acids is 1. The Labute approximate surface area is 128 Å². The first-order valence-electron chi connectivity index (χ1n) is 6.60. The average Bonchev–Trinajstić information content (AvgIpc) is 2.75. The minimum atomic E-state index is -3.81. The number of benzene rings is 1. The van der Waals surface area contributed by atoms with Gasteiger partial charge < -0.3 is 9.52 Å². The molecule has 118 valence electrons. The van der Waals surface area contributed by atoms with Crippen LogP contribution in [0, 0.1) is 20.8 Å². The average molecular weight is 323 g/mol. The molecule has 1 aromatic heterocycles. The van der Waals surface area contributed by atoms with Crippen LogP contribution in [0.2, 0.25) is 0 Å². The Kier molecular flexibility index (Phi) is 4.39. The first-order valence-corrected chi connectivity index (χ1v) is 8.08. The highest BCUT2D eigenvalue weighted by molar-refractivity contribution is 7.89. The second-order valence-electron chi connectivity index (χ2n) is 5.01. The van der Waals surface area contributed by atoms with Gasteiger partial charge in [-0.2, -0.15) is 0 Å². The van der Waals surface area contributed by atoms with Crippen molar-refractivity contribution in [2.75, 3.05) is 0 Å². The van der Waals surface area contributed by atoms with Crippen LogP contribution in [-0.4, -0.2) is 19.5 Å². The van der Waals surface area contributed by atoms with Crippen LogP contribution in [0.15, 0.2) is 33.8 Å². The zero-order valence-corrected chi connectivity index (χ0v) is 13.3. The highest BCUT2D eigenvalue weighted by Gasteiger charge is 2.21. The molecule has 6 nitrogen and oxygen atoms in total. The third kappa shape index (κ3) is 3.05. The van der Waals surface area contributed by atoms with Crippen LogP contribution in [0.25, 0.3) is 0 Å². The van der Waals surface area contributed by atoms with Crippen LogP contribution in [0.5, 0.6) is 0 Å². The standard InChI is InChI=1S/C15H17NO5S/c1-9-8-21-11(3)13(9)7-16-22(19,20)14-6-4-5-12(10(14)2)15(17)18/h4-6,8,16H,7H2,1-3H3,(H,17,18). The van der Waals surface area contributed by atoms with Gasteiger partial charge in [0.05, 0.1) is 16.7 Å². The van der Waals surface area contributed by atoms with Crippen LogP contribution in [0.4, 0.5) is 0 Å². The van der Waals surface area contributed by atoms with Gasteiger partial charge in [-0.3, -0.25) is 0 Å². The predicted molar refractivity (Wildman–Crippen MR) is 80.3 cm³/mol. The predicted octanol–water partition coefficient (Wildman–Crippen LogP) is 2.38. The van der Waals surface area contributed by atoms with Crippen molar-refractivity contribution in [3.8, 4) is 0 Å². The van der Waals surface area contributed by atoms with Crippen LogP contribution >= 0.6 is 0 Å². The summed E-state index contributed by atoms with van der Waals surface area (Å²) in [7, 11) is -3.81. The molecule has 1 aromatic carbocycles. The summed E-state index contributed by atoms with van der Waals surface area (Å²) in [5.41, 5.74) is 1.81. The molecule has 0 aliphatic rings. The number of carbonyl (C=O) groups is 1. The Morgan fingerprint density at radius 3 is 2.50 bits per heavy atom. The number of sulfonamides is 1. The molecule has 0 fully saturated rings. The summed E-state index contributed by atoms with van der Waals surface area (Å²) in [6, 6.07) is 4.18. The molecule has 0 spiro atoms. The summed E-state index contributed by atoms with van der Waals surface area (Å²) in [6.45, 7) is 5.16. The van der Waals surface area contributed by atoms with Gasteiger partial charge in [-0.15, -0.1) is 0 Å². The van der Waals surface area contributed by atoms with Crippen molar-refractivity contribution in [2.45, 2.75) is 32.2 Å². The molecule has 0 saturated carbocycles. The number of carboxylic acid groups (broad SMARTS) is 1. The van der Waals surface area contributed by atoms with Crippen LogP contribution < -0.4 is 4.72 Å². The SMILES string of the molecule is Cc1coc(C)c1CNS(=O)(=O)c1cccc(C(=O)O)c1C. The second-order valence-corrected chi connectivity index (χ2v) is 6.75. The number of aromatic carboxylic acids is 1. The zero-order chi connectivity index (χ0) is 16.5. The maximum Gasteiger partial charge on any atom is 0.335 e. The lowest BCUT2D eigenvalue weighted by Gasteiger charge is -2.11. The lowest BCUT2D eigenvalue weighted by molar-refractivity contribution is 0.0696. The van der Waals surface area contributed by atoms with Crippen molar-refractivity contribution < 1.29 is 22.7 Å². The molecule has 0 amide bonds. The van der Waals surface area contributed by atoms with Crippen molar-refractivity contribution in [3.05, 3.63) is 52.5 Å². The molecule has 0 unspecified atom stereocenters. The number of hydrogen-bond donors (Lipinski definition) is 2. The van der Waals surface area contributed by atoms with E-state index < -0.39 is 16.0 Å². The molecule has 0 aliphatic carbocycles. The van der Waals surface area contributed by atoms with E-state index in [0.29, 0.717) is 5.76 Å². The second kappa shape index (κ2) is 5.94. The first kappa shape index (κ1) is 16.3. The molecule has 0 radical (unpaired) electrons. The fourth-order valence-electron chi connectivity index (χ4n) is 2.24. The van der Waals surface area contributed by atoms with Gasteiger partial charge in [0, 0.05) is 12.1 Å². The molecule has 2 aromatic rings. The van der Waals surface area contributed by atoms with E-state index in [1.807, 2.05) is 6.92 Å². The lowest BCUT2D eigenvalue weighted by atomic mass is 10.1. The number of rotatable bonds is 5. The van der Waals surface area contributed by atoms with Crippen molar-refractivity contribution in [2.24, 2.45) is 0 Å². The van der Waals surface area contributed by atoms with E-state index in [0.717, 1.165) is 11.1 Å². The van der Waals surface area contributed by atoms with Crippen molar-refractivity contribution >= 4 is 16.0 Å². The Balaban J connectivity index is 2.32. The van der Waals surface area contributed by atoms with E-state index >= 15 is 0 Å². The molecule has 2 rings (SSSR count). The van der Waals surface area contributed by atoms with E-state index in [1.165, 1.54) is 25.1 Å². The number of nitrogens with one attached hydrogen (secondary N) is 1. The minimum absolute atomic E-state index is 0.0291. The Hall–Kier alpha value is -2.12. The third-order valence-corrected chi connectivity index (χ3v) is 5.10. The minimum Gasteiger partial charge on any atom is -0.478 e. The molecule has 0 saturated heterocycles. The highest BCUT2D eigenvalue weighted by atomic mass is 32.2. The zero-order valence-electron chi connectivity index (χ0n) is 12.5. The van der Waals surface area contributed by atoms with E-state index in [1.54, 1.807) is 13.2 Å². The number of hydrogen-bond acceptors (Lipinski definition) is 4. The molecule has 0 bridgehead atoms. The number of furan rings is 1. The maximum atomic E-state index is 12.4. The summed E-state index contributed by atoms with van der Waals surface area (Å²) in [6.07, 6.45) is 1.56. The van der Waals surface area contributed by atoms with Crippen molar-refractivity contribution in [3.63, 3.8) is 0 Å². The normalized spacial score (nSPS) is 11.6. The Bertz CT molecular complexity index is 801. The van der Waals surface area contributed by atoms with Gasteiger partial charge in [0.15, 0.2) is 0 Å². The summed E-state index contributed by atoms with van der Waals surface area (Å²) >= 11 is 0. The van der Waals surface area contributed by atoms with E-state index in [-0.39, 0.29) is 22.6 Å². The van der Waals surface area contributed by atoms with Gasteiger partial charge in [-0.25, -0.2) is 17.9 Å². The summed E-state index contributed by atoms with van der Waals surface area (Å²) in [5, 5.41) is 9.08. The van der Waals surface area contributed by atoms with Crippen LogP contribution in [-0.2, 0) is 16.6 Å². The van der Waals surface area contributed by atoms with Gasteiger partial charge in [0.25, 0.3) is 0 Å². The van der Waals surface area contributed by atoms with Gasteiger partial charge in [0.2, 0.25) is 10.0 Å². The fourth-order valence-corrected chi connectivity index (χ4v) is 3.50. The van der Waals surface area contributed by atoms with Crippen LogP contribution in [0.1, 0.15) is 32.8 Å². The monoisotopic (exact) mass is 323 g/mol. The molecule has 0 atom stereocenters. The van der Waals surface area contributed by atoms with E-state index in [9.17, 15) is 13.2 Å². The largest absolute Gasteiger partial charge is 0.478 e. The molecule has 1 heterocycles. The quantitative estimate of drug-likeness (QED) is 0.880. The first-order chi connectivity index (χ1) is 10.2. The Morgan fingerprint density at radius 2 is 1.95 bits per heavy atom. The molecule has 22 heavy (non-hydrogen) atoms. The van der Waals surface area contributed by atoms with Crippen molar-refractivity contribution in [1.82, 2.24) is 4.72 Å². The van der Waals surface area contributed by atoms with E-state index in [4.69, 9.17) is 9.52 Å². The van der Waals surface area contributed by atoms with E-state index in [2.05, 4.69) is 4.72 Å². The lowest BCUT2D eigenvalue weighted by Crippen LogP contribution is -2.25. The molecule has 0 aliphatic heterocycles. The summed E-state index contributed by atoms with van der Waals surface area (Å²) in [4.78, 5) is 11.1. The summed E-state index contributed by atoms with van der Waals surface area (Å²) < 4.78 is 32.5. The third-order valence-electron chi connectivity index (χ3n) is 3.56. The highest BCUT2D eigenvalue weighted by Crippen LogP contribution is 2.20. The van der Waals surface area contributed by atoms with Gasteiger partial charge in [0.1, 0.15) is 5.76 Å². The molecular formula is C15H17NO5S. The van der Waals surface area contributed by atoms with Gasteiger partial charge in [-0.05, 0) is 44.0 Å². The molecular weight excluding hydrogens is 306 g/mol. The smallest absolute Gasteiger partial charge is 0.335 e. The number of aryl methyl sites for hydroxylation is 2. The Morgan fingerprint density at radius 1 is 1.27 bits per heavy atom. The fraction of sp³-hybridized carbons (Fsp3) is 0.267. The van der Waals surface area contributed by atoms with Gasteiger partial charge in [-0.1, -0.05) is 6.07 Å². The molecule has 7 heteroatoms. The van der Waals surface area contributed by atoms with Crippen LogP contribution in [0.3, 0.4) is 0 Å².